The Balaban J connectivity index is 2.89. The van der Waals surface area contributed by atoms with Crippen LogP contribution in [0.1, 0.15) is 18.9 Å². The van der Waals surface area contributed by atoms with Crippen LogP contribution in [0.4, 0.5) is 0 Å². The lowest BCUT2D eigenvalue weighted by molar-refractivity contribution is 0.381. The molecule has 1 rings (SSSR count). The van der Waals surface area contributed by atoms with Crippen LogP contribution < -0.4 is 5.73 Å². The van der Waals surface area contributed by atoms with E-state index in [-0.39, 0.29) is 11.1 Å². The Morgan fingerprint density at radius 2 is 2.16 bits per heavy atom. The molecular weight excluding hydrogens is 282 g/mol. The number of pyridine rings is 1. The Morgan fingerprint density at radius 3 is 2.63 bits per heavy atom. The topological polar surface area (TPSA) is 76.3 Å². The summed E-state index contributed by atoms with van der Waals surface area (Å²) in [6.07, 6.45) is 4.33. The highest BCUT2D eigenvalue weighted by Gasteiger charge is 2.26. The Hall–Kier alpha value is -0.630. The first kappa shape index (κ1) is 16.4. The molecule has 19 heavy (non-hydrogen) atoms. The number of thioether (sulfide) groups is 1. The third-order valence-corrected chi connectivity index (χ3v) is 5.57. The predicted molar refractivity (Wildman–Crippen MR) is 79.5 cm³/mol. The van der Waals surface area contributed by atoms with Crippen LogP contribution in [-0.4, -0.2) is 42.8 Å². The molecule has 1 aromatic rings. The number of nitrogens with zero attached hydrogens (tertiary/aromatic N) is 2. The first-order chi connectivity index (χ1) is 8.93. The van der Waals surface area contributed by atoms with Gasteiger partial charge < -0.3 is 5.73 Å². The van der Waals surface area contributed by atoms with E-state index in [0.29, 0.717) is 6.54 Å². The second kappa shape index (κ2) is 7.23. The zero-order valence-electron chi connectivity index (χ0n) is 11.5. The second-order valence-corrected chi connectivity index (χ2v) is 7.29. The molecule has 5 nitrogen and oxygen atoms in total. The van der Waals surface area contributed by atoms with Crippen molar-refractivity contribution in [1.29, 1.82) is 0 Å². The summed E-state index contributed by atoms with van der Waals surface area (Å²) < 4.78 is 26.1. The zero-order chi connectivity index (χ0) is 14.5. The smallest absolute Gasteiger partial charge is 0.260 e. The Kier molecular flexibility index (Phi) is 6.25. The Morgan fingerprint density at radius 1 is 1.47 bits per heavy atom. The van der Waals surface area contributed by atoms with Gasteiger partial charge in [0.15, 0.2) is 5.03 Å². The number of nitrogens with two attached hydrogens (primary N) is 1. The van der Waals surface area contributed by atoms with Crippen LogP contribution in [0.25, 0.3) is 0 Å². The van der Waals surface area contributed by atoms with E-state index in [1.807, 2.05) is 13.2 Å². The predicted octanol–water partition coefficient (Wildman–Crippen LogP) is 1.30. The zero-order valence-corrected chi connectivity index (χ0v) is 13.2. The summed E-state index contributed by atoms with van der Waals surface area (Å²) in [6.45, 7) is 2.26. The minimum atomic E-state index is -3.52. The SMILES string of the molecule is CSCCC(C)N(C)S(=O)(=O)c1ccc(CN)cn1. The fourth-order valence-corrected chi connectivity index (χ4v) is 3.42. The summed E-state index contributed by atoms with van der Waals surface area (Å²) in [5.41, 5.74) is 6.29. The first-order valence-corrected chi connectivity index (χ1v) is 8.88. The maximum atomic E-state index is 12.4. The fraction of sp³-hybridized carbons (Fsp3) is 0.583. The number of rotatable bonds is 7. The van der Waals surface area contributed by atoms with Crippen LogP contribution in [0.2, 0.25) is 0 Å². The van der Waals surface area contributed by atoms with E-state index in [4.69, 9.17) is 5.73 Å². The molecule has 108 valence electrons. The molecule has 1 unspecified atom stereocenters. The molecule has 0 fully saturated rings. The molecule has 0 aliphatic rings. The van der Waals surface area contributed by atoms with Gasteiger partial charge in [-0.05, 0) is 37.0 Å². The van der Waals surface area contributed by atoms with Crippen molar-refractivity contribution in [2.75, 3.05) is 19.1 Å². The molecule has 0 aliphatic carbocycles. The van der Waals surface area contributed by atoms with E-state index in [1.165, 1.54) is 16.6 Å². The molecule has 0 radical (unpaired) electrons. The van der Waals surface area contributed by atoms with Crippen LogP contribution in [0.15, 0.2) is 23.4 Å². The van der Waals surface area contributed by atoms with Gasteiger partial charge >= 0.3 is 0 Å². The molecule has 1 atom stereocenters. The molecule has 0 saturated heterocycles. The molecule has 1 aromatic heterocycles. The summed E-state index contributed by atoms with van der Waals surface area (Å²) in [6, 6.07) is 3.16. The molecular formula is C12H21N3O2S2. The van der Waals surface area contributed by atoms with Gasteiger partial charge in [0.1, 0.15) is 0 Å². The summed E-state index contributed by atoms with van der Waals surface area (Å²) in [7, 11) is -1.93. The van der Waals surface area contributed by atoms with Crippen molar-refractivity contribution in [2.24, 2.45) is 5.73 Å². The van der Waals surface area contributed by atoms with Crippen LogP contribution in [0.3, 0.4) is 0 Å². The second-order valence-electron chi connectivity index (χ2n) is 4.36. The van der Waals surface area contributed by atoms with E-state index in [2.05, 4.69) is 4.98 Å². The van der Waals surface area contributed by atoms with Crippen molar-refractivity contribution in [2.45, 2.75) is 31.0 Å². The highest BCUT2D eigenvalue weighted by molar-refractivity contribution is 7.98. The molecule has 0 aliphatic heterocycles. The molecule has 0 bridgehead atoms. The maximum Gasteiger partial charge on any atom is 0.260 e. The van der Waals surface area contributed by atoms with Crippen molar-refractivity contribution < 1.29 is 8.42 Å². The van der Waals surface area contributed by atoms with Crippen molar-refractivity contribution >= 4 is 21.8 Å². The van der Waals surface area contributed by atoms with E-state index >= 15 is 0 Å². The number of hydrogen-bond acceptors (Lipinski definition) is 5. The minimum absolute atomic E-state index is 0.0477. The molecule has 7 heteroatoms. The highest BCUT2D eigenvalue weighted by atomic mass is 32.2. The summed E-state index contributed by atoms with van der Waals surface area (Å²) in [5, 5.41) is 0.0724. The van der Waals surface area contributed by atoms with Crippen LogP contribution >= 0.6 is 11.8 Å². The molecule has 1 heterocycles. The Labute approximate surface area is 119 Å². The monoisotopic (exact) mass is 303 g/mol. The number of aromatic nitrogens is 1. The normalized spacial score (nSPS) is 13.7. The van der Waals surface area contributed by atoms with Gasteiger partial charge in [0, 0.05) is 25.8 Å². The fourth-order valence-electron chi connectivity index (χ4n) is 1.54. The van der Waals surface area contributed by atoms with Crippen LogP contribution in [0, 0.1) is 0 Å². The highest BCUT2D eigenvalue weighted by Crippen LogP contribution is 2.17. The van der Waals surface area contributed by atoms with Gasteiger partial charge in [0.05, 0.1) is 0 Å². The first-order valence-electron chi connectivity index (χ1n) is 6.05. The molecule has 0 saturated carbocycles. The van der Waals surface area contributed by atoms with E-state index in [9.17, 15) is 8.42 Å². The van der Waals surface area contributed by atoms with Crippen LogP contribution in [-0.2, 0) is 16.6 Å². The van der Waals surface area contributed by atoms with Gasteiger partial charge in [0.25, 0.3) is 10.0 Å². The lowest BCUT2D eigenvalue weighted by Crippen LogP contribution is -2.35. The number of hydrogen-bond donors (Lipinski definition) is 1. The van der Waals surface area contributed by atoms with Crippen molar-refractivity contribution in [3.8, 4) is 0 Å². The Bertz CT molecular complexity index is 488. The molecule has 0 aromatic carbocycles. The third kappa shape index (κ3) is 4.17. The van der Waals surface area contributed by atoms with Crippen molar-refractivity contribution in [3.05, 3.63) is 23.9 Å². The standard InChI is InChI=1S/C12H21N3O2S2/c1-10(6-7-18-3)15(2)19(16,17)12-5-4-11(8-13)9-14-12/h4-5,9-10H,6-8,13H2,1-3H3. The van der Waals surface area contributed by atoms with E-state index in [0.717, 1.165) is 17.7 Å². The third-order valence-electron chi connectivity index (χ3n) is 3.04. The van der Waals surface area contributed by atoms with Gasteiger partial charge in [-0.3, -0.25) is 0 Å². The largest absolute Gasteiger partial charge is 0.326 e. The van der Waals surface area contributed by atoms with Gasteiger partial charge in [0.2, 0.25) is 0 Å². The average Bonchev–Trinajstić information content (AvgIpc) is 2.43. The summed E-state index contributed by atoms with van der Waals surface area (Å²) >= 11 is 1.71. The van der Waals surface area contributed by atoms with Gasteiger partial charge in [-0.15, -0.1) is 0 Å². The maximum absolute atomic E-state index is 12.4. The van der Waals surface area contributed by atoms with Crippen molar-refractivity contribution in [1.82, 2.24) is 9.29 Å². The molecule has 0 spiro atoms. The van der Waals surface area contributed by atoms with E-state index in [1.54, 1.807) is 24.9 Å². The van der Waals surface area contributed by atoms with Crippen LogP contribution in [0.5, 0.6) is 0 Å². The van der Waals surface area contributed by atoms with Gasteiger partial charge in [-0.2, -0.15) is 16.1 Å². The average molecular weight is 303 g/mol. The molecule has 2 N–H and O–H groups in total. The summed E-state index contributed by atoms with van der Waals surface area (Å²) in [5.74, 6) is 0.931. The quantitative estimate of drug-likeness (QED) is 0.821. The van der Waals surface area contributed by atoms with Crippen molar-refractivity contribution in [3.63, 3.8) is 0 Å². The summed E-state index contributed by atoms with van der Waals surface area (Å²) in [4.78, 5) is 3.99. The molecule has 0 amide bonds. The lowest BCUT2D eigenvalue weighted by atomic mass is 10.3. The van der Waals surface area contributed by atoms with Gasteiger partial charge in [-0.1, -0.05) is 6.07 Å². The van der Waals surface area contributed by atoms with E-state index < -0.39 is 10.0 Å². The lowest BCUT2D eigenvalue weighted by Gasteiger charge is -2.23. The minimum Gasteiger partial charge on any atom is -0.326 e. The number of sulfonamides is 1. The van der Waals surface area contributed by atoms with Gasteiger partial charge in [-0.25, -0.2) is 13.4 Å².